The third kappa shape index (κ3) is 3.78. The number of hydrogen-bond donors (Lipinski definition) is 2. The molecule has 0 unspecified atom stereocenters. The van der Waals surface area contributed by atoms with Crippen molar-refractivity contribution in [2.75, 3.05) is 10.6 Å². The first-order valence-electron chi connectivity index (χ1n) is 6.93. The number of halogens is 2. The van der Waals surface area contributed by atoms with Gasteiger partial charge in [0.25, 0.3) is 0 Å². The van der Waals surface area contributed by atoms with Gasteiger partial charge in [0.15, 0.2) is 0 Å². The van der Waals surface area contributed by atoms with Gasteiger partial charge in [0.05, 0.1) is 21.8 Å². The van der Waals surface area contributed by atoms with Crippen LogP contribution in [0, 0.1) is 15.9 Å². The van der Waals surface area contributed by atoms with Crippen molar-refractivity contribution < 1.29 is 9.31 Å². The number of nitrogens with one attached hydrogen (secondary N) is 2. The third-order valence-electron chi connectivity index (χ3n) is 3.11. The van der Waals surface area contributed by atoms with Crippen molar-refractivity contribution in [2.45, 2.75) is 0 Å². The summed E-state index contributed by atoms with van der Waals surface area (Å²) >= 11 is 5.72. The van der Waals surface area contributed by atoms with Crippen LogP contribution < -0.4 is 10.6 Å². The molecule has 0 amide bonds. The molecule has 0 spiro atoms. The van der Waals surface area contributed by atoms with E-state index in [1.807, 2.05) is 0 Å². The molecule has 0 aliphatic rings. The highest BCUT2D eigenvalue weighted by Gasteiger charge is 2.23. The summed E-state index contributed by atoms with van der Waals surface area (Å²) in [6.45, 7) is 0. The predicted octanol–water partition coefficient (Wildman–Crippen LogP) is 4.06. The smallest absolute Gasteiger partial charge is 0.334 e. The SMILES string of the molecule is O=[N+]([O-])c1c(Nc2cccnc2)ncnc1Nc1ccc(F)c(Cl)c1. The Labute approximate surface area is 145 Å². The maximum absolute atomic E-state index is 13.2. The molecule has 0 saturated heterocycles. The van der Waals surface area contributed by atoms with Crippen molar-refractivity contribution in [3.05, 3.63) is 70.0 Å². The van der Waals surface area contributed by atoms with E-state index in [0.717, 1.165) is 6.07 Å². The van der Waals surface area contributed by atoms with Crippen molar-refractivity contribution >= 4 is 40.3 Å². The van der Waals surface area contributed by atoms with Gasteiger partial charge in [-0.25, -0.2) is 14.4 Å². The Hall–Kier alpha value is -3.33. The fourth-order valence-electron chi connectivity index (χ4n) is 2.02. The van der Waals surface area contributed by atoms with Gasteiger partial charge >= 0.3 is 5.69 Å². The second-order valence-corrected chi connectivity index (χ2v) is 5.20. The van der Waals surface area contributed by atoms with Crippen LogP contribution in [0.1, 0.15) is 0 Å². The first kappa shape index (κ1) is 16.5. The van der Waals surface area contributed by atoms with Gasteiger partial charge in [0.2, 0.25) is 11.6 Å². The molecule has 0 bridgehead atoms. The summed E-state index contributed by atoms with van der Waals surface area (Å²) in [6.07, 6.45) is 4.24. The van der Waals surface area contributed by atoms with Crippen molar-refractivity contribution in [3.8, 4) is 0 Å². The monoisotopic (exact) mass is 360 g/mol. The number of nitro groups is 1. The van der Waals surface area contributed by atoms with E-state index < -0.39 is 10.7 Å². The molecule has 10 heteroatoms. The van der Waals surface area contributed by atoms with Crippen LogP contribution in [0.3, 0.4) is 0 Å². The van der Waals surface area contributed by atoms with Gasteiger partial charge in [-0.2, -0.15) is 0 Å². The molecule has 2 heterocycles. The van der Waals surface area contributed by atoms with Crippen LogP contribution in [-0.4, -0.2) is 19.9 Å². The number of hydrogen-bond acceptors (Lipinski definition) is 7. The molecule has 2 aromatic heterocycles. The molecule has 0 saturated carbocycles. The highest BCUT2D eigenvalue weighted by atomic mass is 35.5. The number of aromatic nitrogens is 3. The minimum Gasteiger partial charge on any atom is -0.334 e. The molecule has 0 aliphatic carbocycles. The van der Waals surface area contributed by atoms with Gasteiger partial charge in [0, 0.05) is 11.9 Å². The summed E-state index contributed by atoms with van der Waals surface area (Å²) in [4.78, 5) is 22.6. The summed E-state index contributed by atoms with van der Waals surface area (Å²) in [7, 11) is 0. The second kappa shape index (κ2) is 7.05. The lowest BCUT2D eigenvalue weighted by atomic mass is 10.3. The lowest BCUT2D eigenvalue weighted by Gasteiger charge is -2.10. The van der Waals surface area contributed by atoms with Crippen LogP contribution >= 0.6 is 11.6 Å². The van der Waals surface area contributed by atoms with Gasteiger partial charge in [-0.05, 0) is 30.3 Å². The lowest BCUT2D eigenvalue weighted by Crippen LogP contribution is -2.05. The van der Waals surface area contributed by atoms with E-state index in [-0.39, 0.29) is 22.3 Å². The Morgan fingerprint density at radius 1 is 1.12 bits per heavy atom. The minimum absolute atomic E-state index is 0.0105. The first-order valence-corrected chi connectivity index (χ1v) is 7.31. The predicted molar refractivity (Wildman–Crippen MR) is 90.9 cm³/mol. The Kier molecular flexibility index (Phi) is 4.66. The topological polar surface area (TPSA) is 106 Å². The van der Waals surface area contributed by atoms with E-state index in [2.05, 4.69) is 25.6 Å². The number of nitrogens with zero attached hydrogens (tertiary/aromatic N) is 4. The van der Waals surface area contributed by atoms with E-state index in [1.165, 1.54) is 24.7 Å². The number of pyridine rings is 1. The first-order chi connectivity index (χ1) is 12.0. The molecule has 8 nitrogen and oxygen atoms in total. The lowest BCUT2D eigenvalue weighted by molar-refractivity contribution is -0.383. The average Bonchev–Trinajstić information content (AvgIpc) is 2.59. The van der Waals surface area contributed by atoms with E-state index in [4.69, 9.17) is 11.6 Å². The summed E-state index contributed by atoms with van der Waals surface area (Å²) in [5.74, 6) is -0.666. The molecule has 0 radical (unpaired) electrons. The summed E-state index contributed by atoms with van der Waals surface area (Å²) in [6, 6.07) is 7.20. The zero-order chi connectivity index (χ0) is 17.8. The maximum Gasteiger partial charge on any atom is 0.353 e. The van der Waals surface area contributed by atoms with Crippen molar-refractivity contribution in [3.63, 3.8) is 0 Å². The Bertz CT molecular complexity index is 925. The molecule has 0 atom stereocenters. The van der Waals surface area contributed by atoms with Gasteiger partial charge in [0.1, 0.15) is 12.1 Å². The van der Waals surface area contributed by atoms with Crippen LogP contribution in [0.2, 0.25) is 5.02 Å². The molecule has 25 heavy (non-hydrogen) atoms. The highest BCUT2D eigenvalue weighted by Crippen LogP contribution is 2.33. The van der Waals surface area contributed by atoms with Gasteiger partial charge in [-0.3, -0.25) is 15.1 Å². The van der Waals surface area contributed by atoms with Gasteiger partial charge in [-0.15, -0.1) is 0 Å². The quantitative estimate of drug-likeness (QED) is 0.522. The normalized spacial score (nSPS) is 10.3. The minimum atomic E-state index is -0.619. The molecule has 126 valence electrons. The van der Waals surface area contributed by atoms with Gasteiger partial charge < -0.3 is 10.6 Å². The van der Waals surface area contributed by atoms with Crippen molar-refractivity contribution in [2.24, 2.45) is 0 Å². The summed E-state index contributed by atoms with van der Waals surface area (Å²) in [5, 5.41) is 16.9. The Balaban J connectivity index is 1.97. The molecule has 3 rings (SSSR count). The average molecular weight is 361 g/mol. The molecular formula is C15H10ClFN6O2. The molecule has 1 aromatic carbocycles. The molecular weight excluding hydrogens is 351 g/mol. The van der Waals surface area contributed by atoms with Crippen LogP contribution in [-0.2, 0) is 0 Å². The zero-order valence-electron chi connectivity index (χ0n) is 12.5. The van der Waals surface area contributed by atoms with Crippen molar-refractivity contribution in [1.29, 1.82) is 0 Å². The molecule has 2 N–H and O–H groups in total. The molecule has 3 aromatic rings. The van der Waals surface area contributed by atoms with E-state index in [1.54, 1.807) is 18.3 Å². The fraction of sp³-hybridized carbons (Fsp3) is 0. The molecule has 0 fully saturated rings. The van der Waals surface area contributed by atoms with E-state index in [0.29, 0.717) is 11.4 Å². The zero-order valence-corrected chi connectivity index (χ0v) is 13.2. The molecule has 0 aliphatic heterocycles. The number of benzene rings is 1. The van der Waals surface area contributed by atoms with E-state index >= 15 is 0 Å². The maximum atomic E-state index is 13.2. The van der Waals surface area contributed by atoms with Gasteiger partial charge in [-0.1, -0.05) is 11.6 Å². The Morgan fingerprint density at radius 3 is 2.44 bits per heavy atom. The Morgan fingerprint density at radius 2 is 1.84 bits per heavy atom. The second-order valence-electron chi connectivity index (χ2n) is 4.80. The van der Waals surface area contributed by atoms with Crippen LogP contribution in [0.15, 0.2) is 49.1 Å². The van der Waals surface area contributed by atoms with Crippen LogP contribution in [0.5, 0.6) is 0 Å². The van der Waals surface area contributed by atoms with Crippen LogP contribution in [0.4, 0.5) is 33.1 Å². The third-order valence-corrected chi connectivity index (χ3v) is 3.40. The number of rotatable bonds is 5. The fourth-order valence-corrected chi connectivity index (χ4v) is 2.20. The largest absolute Gasteiger partial charge is 0.353 e. The van der Waals surface area contributed by atoms with E-state index in [9.17, 15) is 14.5 Å². The standard InChI is InChI=1S/C15H10ClFN6O2/c16-11-6-9(3-4-12(11)17)21-14-13(23(24)25)15(20-8-19-14)22-10-2-1-5-18-7-10/h1-8H,(H2,19,20,21,22). The van der Waals surface area contributed by atoms with Crippen molar-refractivity contribution in [1.82, 2.24) is 15.0 Å². The number of anilines is 4. The van der Waals surface area contributed by atoms with Crippen LogP contribution in [0.25, 0.3) is 0 Å². The highest BCUT2D eigenvalue weighted by molar-refractivity contribution is 6.31. The summed E-state index contributed by atoms with van der Waals surface area (Å²) < 4.78 is 13.2. The summed E-state index contributed by atoms with van der Waals surface area (Å²) in [5.41, 5.74) is 0.507.